The van der Waals surface area contributed by atoms with Gasteiger partial charge in [0.05, 0.1) is 24.1 Å². The Balaban J connectivity index is 1.39. The predicted molar refractivity (Wildman–Crippen MR) is 96.1 cm³/mol. The number of amides is 1. The van der Waals surface area contributed by atoms with Gasteiger partial charge in [0.2, 0.25) is 5.91 Å². The molecule has 0 radical (unpaired) electrons. The molecule has 0 saturated heterocycles. The number of carbonyl (C=O) groups excluding carboxylic acids is 1. The number of nitrogens with zero attached hydrogens (tertiary/aromatic N) is 2. The molecule has 0 fully saturated rings. The van der Waals surface area contributed by atoms with Crippen LogP contribution in [-0.4, -0.2) is 22.3 Å². The molecule has 1 aliphatic heterocycles. The molecular weight excluding hydrogens is 354 g/mol. The molecule has 1 N–H and O–H groups in total. The molecule has 1 amide bonds. The minimum atomic E-state index is -0.558. The Morgan fingerprint density at radius 2 is 2.19 bits per heavy atom. The first-order valence-corrected chi connectivity index (χ1v) is 9.21. The van der Waals surface area contributed by atoms with Crippen LogP contribution in [0.1, 0.15) is 24.4 Å². The number of carbonyl (C=O) groups is 1. The fraction of sp³-hybridized carbons (Fsp3) is 0.278. The second kappa shape index (κ2) is 7.17. The predicted octanol–water partition coefficient (Wildman–Crippen LogP) is 2.59. The van der Waals surface area contributed by atoms with Gasteiger partial charge in [-0.05, 0) is 17.5 Å². The monoisotopic (exact) mass is 371 g/mol. The van der Waals surface area contributed by atoms with E-state index in [9.17, 15) is 9.59 Å². The summed E-state index contributed by atoms with van der Waals surface area (Å²) >= 11 is 1.44. The number of hydrogen-bond acceptors (Lipinski definition) is 6. The second-order valence-corrected chi connectivity index (χ2v) is 6.87. The molecule has 0 spiro atoms. The molecule has 2 aromatic heterocycles. The summed E-state index contributed by atoms with van der Waals surface area (Å²) in [7, 11) is 0. The Hall–Kier alpha value is -2.87. The molecule has 0 unspecified atom stereocenters. The van der Waals surface area contributed by atoms with E-state index in [-0.39, 0.29) is 30.8 Å². The molecule has 4 rings (SSSR count). The number of fused-ring (bicyclic) bond motifs is 1. The molecule has 26 heavy (non-hydrogen) atoms. The van der Waals surface area contributed by atoms with Crippen LogP contribution in [-0.2, 0) is 11.3 Å². The zero-order valence-corrected chi connectivity index (χ0v) is 14.7. The van der Waals surface area contributed by atoms with Gasteiger partial charge in [0.25, 0.3) is 5.89 Å². The number of para-hydroxylation sites is 1. The standard InChI is InChI=1S/C18H17N3O4S/c22-16(19-13-8-10-24-14-5-2-1-4-12(13)14)7-9-21-18(23)25-17(20-21)15-6-3-11-26-15/h1-6,11,13H,7-10H2,(H,19,22)/t13-/m0/s1. The van der Waals surface area contributed by atoms with Crippen LogP contribution in [0.2, 0.25) is 0 Å². The van der Waals surface area contributed by atoms with Crippen molar-refractivity contribution in [3.8, 4) is 16.5 Å². The van der Waals surface area contributed by atoms with Gasteiger partial charge in [-0.25, -0.2) is 4.79 Å². The SMILES string of the molecule is O=C(CCn1nc(-c2cccs2)oc1=O)N[C@H]1CCOc2ccccc21. The van der Waals surface area contributed by atoms with Crippen molar-refractivity contribution in [3.05, 3.63) is 57.9 Å². The highest BCUT2D eigenvalue weighted by Gasteiger charge is 2.22. The van der Waals surface area contributed by atoms with Gasteiger partial charge in [-0.3, -0.25) is 4.79 Å². The Morgan fingerprint density at radius 1 is 1.31 bits per heavy atom. The molecular formula is C18H17N3O4S. The van der Waals surface area contributed by atoms with Crippen molar-refractivity contribution in [1.82, 2.24) is 15.1 Å². The number of benzene rings is 1. The third-order valence-corrected chi connectivity index (χ3v) is 5.04. The van der Waals surface area contributed by atoms with E-state index in [4.69, 9.17) is 9.15 Å². The summed E-state index contributed by atoms with van der Waals surface area (Å²) < 4.78 is 11.9. The molecule has 0 saturated carbocycles. The minimum absolute atomic E-state index is 0.0804. The zero-order chi connectivity index (χ0) is 17.9. The van der Waals surface area contributed by atoms with Crippen molar-refractivity contribution >= 4 is 17.2 Å². The molecule has 1 atom stereocenters. The van der Waals surface area contributed by atoms with Gasteiger partial charge >= 0.3 is 5.76 Å². The fourth-order valence-electron chi connectivity index (χ4n) is 2.91. The summed E-state index contributed by atoms with van der Waals surface area (Å²) in [5.41, 5.74) is 0.977. The van der Waals surface area contributed by atoms with E-state index in [0.717, 1.165) is 22.6 Å². The first-order chi connectivity index (χ1) is 12.7. The molecule has 7 nitrogen and oxygen atoms in total. The van der Waals surface area contributed by atoms with Crippen molar-refractivity contribution in [3.63, 3.8) is 0 Å². The van der Waals surface area contributed by atoms with Gasteiger partial charge in [0, 0.05) is 18.4 Å². The van der Waals surface area contributed by atoms with Crippen molar-refractivity contribution in [2.45, 2.75) is 25.4 Å². The maximum Gasteiger partial charge on any atom is 0.437 e. The van der Waals surface area contributed by atoms with Crippen LogP contribution in [0.4, 0.5) is 0 Å². The number of ether oxygens (including phenoxy) is 1. The Morgan fingerprint density at radius 3 is 3.04 bits per heavy atom. The molecule has 8 heteroatoms. The normalized spacial score (nSPS) is 15.9. The highest BCUT2D eigenvalue weighted by Crippen LogP contribution is 2.31. The van der Waals surface area contributed by atoms with Crippen molar-refractivity contribution < 1.29 is 13.9 Å². The first kappa shape index (κ1) is 16.6. The van der Waals surface area contributed by atoms with Crippen molar-refractivity contribution in [2.24, 2.45) is 0 Å². The van der Waals surface area contributed by atoms with Gasteiger partial charge < -0.3 is 14.5 Å². The van der Waals surface area contributed by atoms with E-state index in [1.54, 1.807) is 0 Å². The molecule has 0 bridgehead atoms. The quantitative estimate of drug-likeness (QED) is 0.745. The van der Waals surface area contributed by atoms with Crippen LogP contribution < -0.4 is 15.8 Å². The third-order valence-electron chi connectivity index (χ3n) is 4.18. The molecule has 1 aliphatic rings. The van der Waals surface area contributed by atoms with Gasteiger partial charge in [0.15, 0.2) is 0 Å². The smallest absolute Gasteiger partial charge is 0.437 e. The summed E-state index contributed by atoms with van der Waals surface area (Å²) in [5.74, 6) is 0.387. The lowest BCUT2D eigenvalue weighted by molar-refractivity contribution is -0.122. The molecule has 134 valence electrons. The summed E-state index contributed by atoms with van der Waals surface area (Å²) in [6, 6.07) is 11.3. The highest BCUT2D eigenvalue weighted by atomic mass is 32.1. The lowest BCUT2D eigenvalue weighted by Crippen LogP contribution is -2.33. The second-order valence-electron chi connectivity index (χ2n) is 5.92. The fourth-order valence-corrected chi connectivity index (χ4v) is 3.56. The van der Waals surface area contributed by atoms with Crippen LogP contribution >= 0.6 is 11.3 Å². The van der Waals surface area contributed by atoms with Gasteiger partial charge in [-0.2, -0.15) is 4.68 Å². The van der Waals surface area contributed by atoms with Gasteiger partial charge in [0.1, 0.15) is 5.75 Å². The largest absolute Gasteiger partial charge is 0.493 e. The van der Waals surface area contributed by atoms with Crippen molar-refractivity contribution in [2.75, 3.05) is 6.61 Å². The average molecular weight is 371 g/mol. The van der Waals surface area contributed by atoms with Gasteiger partial charge in [-0.15, -0.1) is 16.4 Å². The van der Waals surface area contributed by atoms with Gasteiger partial charge in [-0.1, -0.05) is 24.3 Å². The average Bonchev–Trinajstić information content (AvgIpc) is 3.30. The van der Waals surface area contributed by atoms with Crippen LogP contribution in [0.25, 0.3) is 10.8 Å². The lowest BCUT2D eigenvalue weighted by atomic mass is 10.0. The number of rotatable bonds is 5. The Labute approximate surface area is 153 Å². The summed E-state index contributed by atoms with van der Waals surface area (Å²) in [5, 5.41) is 9.05. The third kappa shape index (κ3) is 3.41. The zero-order valence-electron chi connectivity index (χ0n) is 13.9. The van der Waals surface area contributed by atoms with Crippen molar-refractivity contribution in [1.29, 1.82) is 0 Å². The molecule has 3 heterocycles. The van der Waals surface area contributed by atoms with Crippen LogP contribution in [0.15, 0.2) is 51.0 Å². The molecule has 0 aliphatic carbocycles. The molecule has 1 aromatic carbocycles. The van der Waals surface area contributed by atoms with E-state index < -0.39 is 5.76 Å². The highest BCUT2D eigenvalue weighted by molar-refractivity contribution is 7.13. The van der Waals surface area contributed by atoms with E-state index in [1.807, 2.05) is 41.8 Å². The van der Waals surface area contributed by atoms with E-state index in [0.29, 0.717) is 6.61 Å². The molecule has 3 aromatic rings. The summed E-state index contributed by atoms with van der Waals surface area (Å²) in [4.78, 5) is 25.0. The number of thiophene rings is 1. The maximum absolute atomic E-state index is 12.3. The topological polar surface area (TPSA) is 86.4 Å². The van der Waals surface area contributed by atoms with Crippen LogP contribution in [0.3, 0.4) is 0 Å². The number of aromatic nitrogens is 2. The lowest BCUT2D eigenvalue weighted by Gasteiger charge is -2.26. The van der Waals surface area contributed by atoms with E-state index >= 15 is 0 Å². The van der Waals surface area contributed by atoms with Crippen LogP contribution in [0, 0.1) is 0 Å². The first-order valence-electron chi connectivity index (χ1n) is 8.33. The Bertz CT molecular complexity index is 961. The Kier molecular flexibility index (Phi) is 4.57. The van der Waals surface area contributed by atoms with Crippen LogP contribution in [0.5, 0.6) is 5.75 Å². The van der Waals surface area contributed by atoms with E-state index in [2.05, 4.69) is 10.4 Å². The number of hydrogen-bond donors (Lipinski definition) is 1. The maximum atomic E-state index is 12.3. The summed E-state index contributed by atoms with van der Waals surface area (Å²) in [6.45, 7) is 0.735. The number of nitrogens with one attached hydrogen (secondary N) is 1. The number of aryl methyl sites for hydroxylation is 1. The van der Waals surface area contributed by atoms with E-state index in [1.165, 1.54) is 16.0 Å². The summed E-state index contributed by atoms with van der Waals surface area (Å²) in [6.07, 6.45) is 0.866. The minimum Gasteiger partial charge on any atom is -0.493 e.